The van der Waals surface area contributed by atoms with Gasteiger partial charge in [-0.25, -0.2) is 9.97 Å². The van der Waals surface area contributed by atoms with Gasteiger partial charge in [0, 0.05) is 17.4 Å². The molecule has 0 unspecified atom stereocenters. The first-order valence-corrected chi connectivity index (χ1v) is 11.1. The van der Waals surface area contributed by atoms with Crippen molar-refractivity contribution in [2.45, 2.75) is 29.4 Å². The lowest BCUT2D eigenvalue weighted by atomic mass is 10.2. The Bertz CT molecular complexity index is 1130. The number of aliphatic carboxylic acids is 1. The van der Waals surface area contributed by atoms with E-state index in [1.165, 1.54) is 23.1 Å². The van der Waals surface area contributed by atoms with Crippen molar-refractivity contribution in [2.75, 3.05) is 6.61 Å². The molecule has 0 amide bonds. The molecule has 0 atom stereocenters. The smallest absolute Gasteiger partial charge is 0.319 e. The Kier molecular flexibility index (Phi) is 5.78. The largest absolute Gasteiger partial charge is 0.493 e. The van der Waals surface area contributed by atoms with Gasteiger partial charge in [-0.15, -0.1) is 11.3 Å². The fourth-order valence-corrected chi connectivity index (χ4v) is 4.90. The van der Waals surface area contributed by atoms with Crippen LogP contribution in [0.3, 0.4) is 0 Å². The first kappa shape index (κ1) is 20.4. The van der Waals surface area contributed by atoms with Crippen molar-refractivity contribution in [2.24, 2.45) is 0 Å². The van der Waals surface area contributed by atoms with E-state index in [-0.39, 0.29) is 0 Å². The number of thiazole rings is 1. The van der Waals surface area contributed by atoms with Crippen LogP contribution in [0.2, 0.25) is 0 Å². The Labute approximate surface area is 181 Å². The van der Waals surface area contributed by atoms with Crippen LogP contribution < -0.4 is 4.74 Å². The second-order valence-electron chi connectivity index (χ2n) is 7.13. The van der Waals surface area contributed by atoms with E-state index >= 15 is 0 Å². The molecule has 2 heterocycles. The number of fused-ring (bicyclic) bond motifs is 1. The number of aromatic nitrogens is 2. The number of carboxylic acid groups (broad SMARTS) is 1. The van der Waals surface area contributed by atoms with Gasteiger partial charge < -0.3 is 14.3 Å². The zero-order valence-corrected chi connectivity index (χ0v) is 18.1. The fourth-order valence-electron chi connectivity index (χ4n) is 2.67. The van der Waals surface area contributed by atoms with Gasteiger partial charge in [0.2, 0.25) is 5.89 Å². The van der Waals surface area contributed by atoms with Crippen molar-refractivity contribution in [1.82, 2.24) is 9.97 Å². The Morgan fingerprint density at radius 1 is 1.17 bits per heavy atom. The van der Waals surface area contributed by atoms with Gasteiger partial charge in [0.05, 0.1) is 12.3 Å². The molecule has 0 saturated carbocycles. The lowest BCUT2D eigenvalue weighted by molar-refractivity contribution is -0.138. The van der Waals surface area contributed by atoms with Crippen molar-refractivity contribution in [1.29, 1.82) is 0 Å². The molecule has 30 heavy (non-hydrogen) atoms. The van der Waals surface area contributed by atoms with Crippen molar-refractivity contribution in [3.05, 3.63) is 59.6 Å². The lowest BCUT2D eigenvalue weighted by Gasteiger charge is -2.15. The second-order valence-corrected chi connectivity index (χ2v) is 9.86. The van der Waals surface area contributed by atoms with Gasteiger partial charge in [0.25, 0.3) is 0 Å². The molecule has 4 rings (SSSR count). The highest BCUT2D eigenvalue weighted by molar-refractivity contribution is 8.02. The summed E-state index contributed by atoms with van der Waals surface area (Å²) in [6, 6.07) is 15.3. The maximum absolute atomic E-state index is 11.2. The highest BCUT2D eigenvalue weighted by Gasteiger charge is 2.29. The number of ether oxygens (including phenoxy) is 1. The molecule has 8 heteroatoms. The zero-order valence-electron chi connectivity index (χ0n) is 16.5. The van der Waals surface area contributed by atoms with Crippen LogP contribution in [0.5, 0.6) is 5.75 Å². The van der Waals surface area contributed by atoms with Crippen LogP contribution in [-0.4, -0.2) is 32.4 Å². The van der Waals surface area contributed by atoms with Gasteiger partial charge in [-0.2, -0.15) is 0 Å². The van der Waals surface area contributed by atoms with Crippen LogP contribution in [0.1, 0.15) is 19.5 Å². The number of nitrogens with zero attached hydrogens (tertiary/aromatic N) is 2. The van der Waals surface area contributed by atoms with Crippen molar-refractivity contribution >= 4 is 40.2 Å². The topological polar surface area (TPSA) is 85.5 Å². The summed E-state index contributed by atoms with van der Waals surface area (Å²) in [5.41, 5.74) is 3.38. The number of para-hydroxylation sites is 2. The van der Waals surface area contributed by atoms with Crippen LogP contribution in [0, 0.1) is 0 Å². The minimum absolute atomic E-state index is 0.485. The Morgan fingerprint density at radius 2 is 1.93 bits per heavy atom. The Morgan fingerprint density at radius 3 is 2.67 bits per heavy atom. The number of rotatable bonds is 8. The van der Waals surface area contributed by atoms with Crippen molar-refractivity contribution in [3.63, 3.8) is 0 Å². The maximum Gasteiger partial charge on any atom is 0.319 e. The summed E-state index contributed by atoms with van der Waals surface area (Å²) in [4.78, 5) is 20.2. The number of hydrogen-bond acceptors (Lipinski definition) is 7. The SMILES string of the molecule is CC(C)(Sc1nc(CCOc2ccc(-c3nc4ccccc4o3)cc2)cs1)C(=O)O. The summed E-state index contributed by atoms with van der Waals surface area (Å²) in [6.45, 7) is 3.84. The lowest BCUT2D eigenvalue weighted by Crippen LogP contribution is -2.26. The number of hydrogen-bond donors (Lipinski definition) is 1. The molecule has 0 fully saturated rings. The van der Waals surface area contributed by atoms with Crippen molar-refractivity contribution in [3.8, 4) is 17.2 Å². The first-order chi connectivity index (χ1) is 14.4. The van der Waals surface area contributed by atoms with Gasteiger partial charge in [-0.3, -0.25) is 4.79 Å². The highest BCUT2D eigenvalue weighted by Crippen LogP contribution is 2.34. The van der Waals surface area contributed by atoms with E-state index in [0.717, 1.165) is 32.4 Å². The molecule has 0 bridgehead atoms. The number of thioether (sulfide) groups is 1. The average molecular weight is 441 g/mol. The average Bonchev–Trinajstić information content (AvgIpc) is 3.35. The Hall–Kier alpha value is -2.84. The van der Waals surface area contributed by atoms with Gasteiger partial charge >= 0.3 is 5.97 Å². The molecular formula is C22H20N2O4S2. The molecular weight excluding hydrogens is 420 g/mol. The summed E-state index contributed by atoms with van der Waals surface area (Å²) >= 11 is 2.71. The molecule has 0 aliphatic carbocycles. The molecule has 0 aliphatic heterocycles. The standard InChI is InChI=1S/C22H20N2O4S2/c1-22(2,20(25)26)30-21-23-15(13-29-21)11-12-27-16-9-7-14(8-10-16)19-24-17-5-3-4-6-18(17)28-19/h3-10,13H,11-12H2,1-2H3,(H,25,26). The monoisotopic (exact) mass is 440 g/mol. The minimum atomic E-state index is -0.901. The van der Waals surface area contributed by atoms with Crippen LogP contribution in [0.4, 0.5) is 0 Å². The molecule has 0 saturated heterocycles. The summed E-state index contributed by atoms with van der Waals surface area (Å²) in [5.74, 6) is 0.486. The highest BCUT2D eigenvalue weighted by atomic mass is 32.2. The van der Waals surface area contributed by atoms with Gasteiger partial charge in [-0.1, -0.05) is 23.9 Å². The normalized spacial score (nSPS) is 11.7. The van der Waals surface area contributed by atoms with E-state index in [1.54, 1.807) is 13.8 Å². The first-order valence-electron chi connectivity index (χ1n) is 9.36. The fraction of sp³-hybridized carbons (Fsp3) is 0.227. The van der Waals surface area contributed by atoms with E-state index in [9.17, 15) is 9.90 Å². The molecule has 2 aromatic heterocycles. The molecule has 0 radical (unpaired) electrons. The number of benzene rings is 2. The molecule has 4 aromatic rings. The number of carboxylic acids is 1. The van der Waals surface area contributed by atoms with Crippen LogP contribution in [-0.2, 0) is 11.2 Å². The van der Waals surface area contributed by atoms with Crippen LogP contribution >= 0.6 is 23.1 Å². The van der Waals surface area contributed by atoms with Crippen LogP contribution in [0.25, 0.3) is 22.6 Å². The number of oxazole rings is 1. The second kappa shape index (κ2) is 8.49. The predicted molar refractivity (Wildman–Crippen MR) is 118 cm³/mol. The van der Waals surface area contributed by atoms with Gasteiger partial charge in [0.15, 0.2) is 9.92 Å². The molecule has 0 aliphatic rings. The molecule has 1 N–H and O–H groups in total. The third kappa shape index (κ3) is 4.66. The number of carbonyl (C=O) groups is 1. The van der Waals surface area contributed by atoms with E-state index in [2.05, 4.69) is 9.97 Å². The third-order valence-corrected chi connectivity index (χ3v) is 6.58. The predicted octanol–water partition coefficient (Wildman–Crippen LogP) is 5.53. The molecule has 0 spiro atoms. The molecule has 2 aromatic carbocycles. The molecule has 6 nitrogen and oxygen atoms in total. The summed E-state index contributed by atoms with van der Waals surface area (Å²) in [5, 5.41) is 11.2. The Balaban J connectivity index is 1.32. The molecule has 154 valence electrons. The van der Waals surface area contributed by atoms with Gasteiger partial charge in [0.1, 0.15) is 16.0 Å². The van der Waals surface area contributed by atoms with E-state index in [4.69, 9.17) is 9.15 Å². The summed E-state index contributed by atoms with van der Waals surface area (Å²) < 4.78 is 11.5. The van der Waals surface area contributed by atoms with Crippen molar-refractivity contribution < 1.29 is 19.1 Å². The maximum atomic E-state index is 11.2. The minimum Gasteiger partial charge on any atom is -0.493 e. The van der Waals surface area contributed by atoms with Crippen LogP contribution in [0.15, 0.2) is 62.7 Å². The third-order valence-electron chi connectivity index (χ3n) is 4.41. The summed E-state index contributed by atoms with van der Waals surface area (Å²) in [6.07, 6.45) is 0.650. The quantitative estimate of drug-likeness (QED) is 0.361. The van der Waals surface area contributed by atoms with E-state index in [1.807, 2.05) is 53.9 Å². The van der Waals surface area contributed by atoms with E-state index < -0.39 is 10.7 Å². The van der Waals surface area contributed by atoms with E-state index in [0.29, 0.717) is 18.9 Å². The summed E-state index contributed by atoms with van der Waals surface area (Å²) in [7, 11) is 0. The zero-order chi connectivity index (χ0) is 21.1. The van der Waals surface area contributed by atoms with Gasteiger partial charge in [-0.05, 0) is 50.2 Å².